The highest BCUT2D eigenvalue weighted by Crippen LogP contribution is 2.00. The zero-order valence-electron chi connectivity index (χ0n) is 6.17. The van der Waals surface area contributed by atoms with Gasteiger partial charge in [-0.15, -0.1) is 0 Å². The van der Waals surface area contributed by atoms with Crippen LogP contribution in [0.4, 0.5) is 0 Å². The first-order valence-corrected chi connectivity index (χ1v) is 3.56. The first-order chi connectivity index (χ1) is 4.93. The Hall–Kier alpha value is -1.04. The van der Waals surface area contributed by atoms with Gasteiger partial charge < -0.3 is 0 Å². The van der Waals surface area contributed by atoms with Gasteiger partial charge in [0.15, 0.2) is 0 Å². The van der Waals surface area contributed by atoms with Crippen molar-refractivity contribution < 1.29 is 0 Å². The van der Waals surface area contributed by atoms with Crippen molar-refractivity contribution in [3.8, 4) is 0 Å². The Morgan fingerprint density at radius 3 is 2.70 bits per heavy atom. The Balaban J connectivity index is 2.67. The fourth-order valence-electron chi connectivity index (χ4n) is 0.765. The zero-order valence-corrected chi connectivity index (χ0v) is 6.17. The van der Waals surface area contributed by atoms with E-state index in [9.17, 15) is 0 Å². The molecule has 0 heteroatoms. The Bertz CT molecular complexity index is 197. The summed E-state index contributed by atoms with van der Waals surface area (Å²) in [7, 11) is 0. The van der Waals surface area contributed by atoms with Gasteiger partial charge >= 0.3 is 0 Å². The molecule has 0 spiro atoms. The minimum Gasteiger partial charge on any atom is -0.0842 e. The molecular formula is C10H11. The quantitative estimate of drug-likeness (QED) is 0.579. The molecule has 1 aromatic rings. The van der Waals surface area contributed by atoms with E-state index in [4.69, 9.17) is 0 Å². The van der Waals surface area contributed by atoms with Crippen LogP contribution in [0, 0.1) is 6.07 Å². The topological polar surface area (TPSA) is 0 Å². The van der Waals surface area contributed by atoms with E-state index in [1.807, 2.05) is 24.3 Å². The third-order valence-electron chi connectivity index (χ3n) is 1.29. The lowest BCUT2D eigenvalue weighted by atomic mass is 10.2. The van der Waals surface area contributed by atoms with Gasteiger partial charge in [-0.3, -0.25) is 0 Å². The first kappa shape index (κ1) is 7.07. The molecule has 0 heterocycles. The third kappa shape index (κ3) is 2.06. The highest BCUT2D eigenvalue weighted by molar-refractivity contribution is 5.48. The van der Waals surface area contributed by atoms with Crippen LogP contribution in [0.2, 0.25) is 0 Å². The second-order valence-electron chi connectivity index (χ2n) is 2.14. The molecule has 0 aliphatic carbocycles. The van der Waals surface area contributed by atoms with E-state index in [1.165, 1.54) is 5.56 Å². The van der Waals surface area contributed by atoms with E-state index < -0.39 is 0 Å². The molecule has 51 valence electrons. The SMILES string of the molecule is CCC=Cc1cc[c]cc1. The second kappa shape index (κ2) is 3.89. The average Bonchev–Trinajstić information content (AvgIpc) is 2.03. The van der Waals surface area contributed by atoms with Crippen LogP contribution in [-0.4, -0.2) is 0 Å². The maximum absolute atomic E-state index is 2.98. The standard InChI is InChI=1S/C10H11/c1-2-3-7-10-8-5-4-6-9-10/h3,5-9H,2H2,1H3. The Morgan fingerprint density at radius 1 is 1.40 bits per heavy atom. The van der Waals surface area contributed by atoms with Crippen molar-refractivity contribution in [2.45, 2.75) is 13.3 Å². The van der Waals surface area contributed by atoms with Gasteiger partial charge in [-0.25, -0.2) is 0 Å². The lowest BCUT2D eigenvalue weighted by Crippen LogP contribution is -1.67. The molecule has 10 heavy (non-hydrogen) atoms. The molecule has 0 saturated heterocycles. The van der Waals surface area contributed by atoms with Crippen molar-refractivity contribution in [3.05, 3.63) is 42.0 Å². The molecule has 0 bridgehead atoms. The molecule has 0 aliphatic rings. The zero-order chi connectivity index (χ0) is 7.23. The van der Waals surface area contributed by atoms with Crippen LogP contribution in [0.1, 0.15) is 18.9 Å². The predicted octanol–water partition coefficient (Wildman–Crippen LogP) is 2.91. The van der Waals surface area contributed by atoms with E-state index >= 15 is 0 Å². The lowest BCUT2D eigenvalue weighted by Gasteiger charge is -1.87. The van der Waals surface area contributed by atoms with Crippen LogP contribution in [0.5, 0.6) is 0 Å². The summed E-state index contributed by atoms with van der Waals surface area (Å²) in [5.41, 5.74) is 1.25. The number of hydrogen-bond donors (Lipinski definition) is 0. The maximum Gasteiger partial charge on any atom is -0.0184 e. The minimum absolute atomic E-state index is 1.10. The van der Waals surface area contributed by atoms with Crippen molar-refractivity contribution in [2.75, 3.05) is 0 Å². The molecule has 0 saturated carbocycles. The summed E-state index contributed by atoms with van der Waals surface area (Å²) in [6.45, 7) is 2.13. The summed E-state index contributed by atoms with van der Waals surface area (Å²) >= 11 is 0. The van der Waals surface area contributed by atoms with Gasteiger partial charge in [0, 0.05) is 0 Å². The van der Waals surface area contributed by atoms with Gasteiger partial charge in [-0.05, 0) is 18.1 Å². The van der Waals surface area contributed by atoms with Crippen LogP contribution < -0.4 is 0 Å². The summed E-state index contributed by atoms with van der Waals surface area (Å²) < 4.78 is 0. The van der Waals surface area contributed by atoms with Gasteiger partial charge in [0.25, 0.3) is 0 Å². The van der Waals surface area contributed by atoms with E-state index in [0.29, 0.717) is 0 Å². The van der Waals surface area contributed by atoms with Gasteiger partial charge in [0.1, 0.15) is 0 Å². The Morgan fingerprint density at radius 2 is 2.10 bits per heavy atom. The minimum atomic E-state index is 1.10. The normalized spacial score (nSPS) is 10.5. The van der Waals surface area contributed by atoms with Crippen molar-refractivity contribution in [3.63, 3.8) is 0 Å². The summed E-state index contributed by atoms with van der Waals surface area (Å²) in [6.07, 6.45) is 5.36. The first-order valence-electron chi connectivity index (χ1n) is 3.56. The van der Waals surface area contributed by atoms with E-state index in [1.54, 1.807) is 0 Å². The molecule has 0 atom stereocenters. The number of allylic oxidation sites excluding steroid dienone is 1. The number of hydrogen-bond acceptors (Lipinski definition) is 0. The van der Waals surface area contributed by atoms with Gasteiger partial charge in [-0.1, -0.05) is 43.3 Å². The molecule has 1 radical (unpaired) electrons. The molecule has 0 aliphatic heterocycles. The smallest absolute Gasteiger partial charge is 0.0184 e. The molecular weight excluding hydrogens is 120 g/mol. The van der Waals surface area contributed by atoms with Crippen molar-refractivity contribution >= 4 is 6.08 Å². The van der Waals surface area contributed by atoms with Crippen LogP contribution in [0.25, 0.3) is 6.08 Å². The number of rotatable bonds is 2. The Labute approximate surface area is 62.2 Å². The van der Waals surface area contributed by atoms with Crippen molar-refractivity contribution in [1.82, 2.24) is 0 Å². The molecule has 0 amide bonds. The Kier molecular flexibility index (Phi) is 2.75. The fourth-order valence-corrected chi connectivity index (χ4v) is 0.765. The van der Waals surface area contributed by atoms with Crippen molar-refractivity contribution in [1.29, 1.82) is 0 Å². The summed E-state index contributed by atoms with van der Waals surface area (Å²) in [4.78, 5) is 0. The summed E-state index contributed by atoms with van der Waals surface area (Å²) in [6, 6.07) is 10.9. The third-order valence-corrected chi connectivity index (χ3v) is 1.29. The largest absolute Gasteiger partial charge is 0.0842 e. The predicted molar refractivity (Wildman–Crippen MR) is 44.6 cm³/mol. The average molecular weight is 131 g/mol. The van der Waals surface area contributed by atoms with Crippen LogP contribution in [0.15, 0.2) is 30.3 Å². The fraction of sp³-hybridized carbons (Fsp3) is 0.200. The van der Waals surface area contributed by atoms with Crippen molar-refractivity contribution in [2.24, 2.45) is 0 Å². The number of benzene rings is 1. The molecule has 0 unspecified atom stereocenters. The van der Waals surface area contributed by atoms with Crippen LogP contribution in [-0.2, 0) is 0 Å². The molecule has 0 aromatic heterocycles. The second-order valence-corrected chi connectivity index (χ2v) is 2.14. The molecule has 0 N–H and O–H groups in total. The van der Waals surface area contributed by atoms with Gasteiger partial charge in [0.05, 0.1) is 0 Å². The molecule has 0 nitrogen and oxygen atoms in total. The lowest BCUT2D eigenvalue weighted by molar-refractivity contribution is 1.23. The van der Waals surface area contributed by atoms with Crippen LogP contribution in [0.3, 0.4) is 0 Å². The maximum atomic E-state index is 2.98. The van der Waals surface area contributed by atoms with Crippen LogP contribution >= 0.6 is 0 Å². The van der Waals surface area contributed by atoms with E-state index in [0.717, 1.165) is 6.42 Å². The monoisotopic (exact) mass is 131 g/mol. The van der Waals surface area contributed by atoms with Gasteiger partial charge in [0.2, 0.25) is 0 Å². The molecule has 1 rings (SSSR count). The van der Waals surface area contributed by atoms with E-state index in [-0.39, 0.29) is 0 Å². The van der Waals surface area contributed by atoms with Gasteiger partial charge in [-0.2, -0.15) is 0 Å². The highest BCUT2D eigenvalue weighted by atomic mass is 13.8. The molecule has 0 fully saturated rings. The highest BCUT2D eigenvalue weighted by Gasteiger charge is 1.79. The van der Waals surface area contributed by atoms with E-state index in [2.05, 4.69) is 25.1 Å². The molecule has 1 aromatic carbocycles. The summed E-state index contributed by atoms with van der Waals surface area (Å²) in [5.74, 6) is 0. The summed E-state index contributed by atoms with van der Waals surface area (Å²) in [5, 5.41) is 0.